The summed E-state index contributed by atoms with van der Waals surface area (Å²) in [5.41, 5.74) is 6.41. The lowest BCUT2D eigenvalue weighted by atomic mass is 10.2. The van der Waals surface area contributed by atoms with Crippen LogP contribution in [0.3, 0.4) is 0 Å². The van der Waals surface area contributed by atoms with Crippen LogP contribution in [0.2, 0.25) is 0 Å². The largest absolute Gasteiger partial charge is 0.374 e. The van der Waals surface area contributed by atoms with Crippen molar-refractivity contribution in [1.82, 2.24) is 14.9 Å². The smallest absolute Gasteiger partial charge is 0.269 e. The van der Waals surface area contributed by atoms with E-state index in [1.807, 2.05) is 30.3 Å². The summed E-state index contributed by atoms with van der Waals surface area (Å²) in [6.07, 6.45) is 0.619. The molecule has 6 nitrogen and oxygen atoms in total. The number of benzene rings is 1. The second kappa shape index (κ2) is 5.42. The van der Waals surface area contributed by atoms with E-state index in [2.05, 4.69) is 14.9 Å². The van der Waals surface area contributed by atoms with Gasteiger partial charge in [0, 0.05) is 6.54 Å². The highest BCUT2D eigenvalue weighted by Crippen LogP contribution is 2.16. The molecule has 0 aliphatic carbocycles. The van der Waals surface area contributed by atoms with Gasteiger partial charge in [0.05, 0.1) is 0 Å². The number of hydrogen-bond acceptors (Lipinski definition) is 6. The number of anilines is 1. The summed E-state index contributed by atoms with van der Waals surface area (Å²) >= 11 is 0.846. The molecule has 2 rings (SSSR count). The number of nitrogens with two attached hydrogens (primary N) is 1. The van der Waals surface area contributed by atoms with Crippen LogP contribution in [-0.2, 0) is 16.4 Å². The lowest BCUT2D eigenvalue weighted by Crippen LogP contribution is -2.25. The van der Waals surface area contributed by atoms with Gasteiger partial charge >= 0.3 is 0 Å². The molecule has 1 aromatic heterocycles. The lowest BCUT2D eigenvalue weighted by molar-refractivity contribution is 0.579. The topological polar surface area (TPSA) is 98.0 Å². The van der Waals surface area contributed by atoms with Gasteiger partial charge in [0.15, 0.2) is 0 Å². The van der Waals surface area contributed by atoms with E-state index in [4.69, 9.17) is 5.73 Å². The van der Waals surface area contributed by atoms with Crippen molar-refractivity contribution in [3.63, 3.8) is 0 Å². The third-order valence-corrected chi connectivity index (χ3v) is 4.78. The molecule has 0 radical (unpaired) electrons. The predicted octanol–water partition coefficient (Wildman–Crippen LogP) is 0.641. The Labute approximate surface area is 109 Å². The molecule has 0 atom stereocenters. The molecule has 0 amide bonds. The molecule has 0 aliphatic heterocycles. The van der Waals surface area contributed by atoms with Crippen LogP contribution in [0.5, 0.6) is 0 Å². The van der Waals surface area contributed by atoms with Crippen molar-refractivity contribution < 1.29 is 8.42 Å². The maximum absolute atomic E-state index is 11.8. The monoisotopic (exact) mass is 284 g/mol. The van der Waals surface area contributed by atoms with Gasteiger partial charge in [-0.1, -0.05) is 41.7 Å². The predicted molar refractivity (Wildman–Crippen MR) is 69.7 cm³/mol. The number of rotatable bonds is 5. The molecular weight excluding hydrogens is 272 g/mol. The fourth-order valence-electron chi connectivity index (χ4n) is 1.37. The summed E-state index contributed by atoms with van der Waals surface area (Å²) in [5.74, 6) is 0. The zero-order valence-electron chi connectivity index (χ0n) is 9.41. The number of sulfonamides is 1. The second-order valence-electron chi connectivity index (χ2n) is 3.54. The van der Waals surface area contributed by atoms with Crippen LogP contribution in [-0.4, -0.2) is 25.2 Å². The summed E-state index contributed by atoms with van der Waals surface area (Å²) < 4.78 is 25.9. The van der Waals surface area contributed by atoms with Crippen LogP contribution in [0.4, 0.5) is 5.13 Å². The molecule has 3 N–H and O–H groups in total. The van der Waals surface area contributed by atoms with Gasteiger partial charge in [-0.2, -0.15) is 0 Å². The van der Waals surface area contributed by atoms with E-state index in [1.165, 1.54) is 0 Å². The Bertz CT molecular complexity index is 610. The first-order chi connectivity index (χ1) is 8.58. The molecule has 0 spiro atoms. The molecule has 0 unspecified atom stereocenters. The third-order valence-electron chi connectivity index (χ3n) is 2.20. The van der Waals surface area contributed by atoms with Crippen molar-refractivity contribution in [2.24, 2.45) is 0 Å². The molecular formula is C10H12N4O2S2. The van der Waals surface area contributed by atoms with Crippen LogP contribution >= 0.6 is 11.3 Å². The van der Waals surface area contributed by atoms with Crippen LogP contribution in [0, 0.1) is 0 Å². The SMILES string of the molecule is Nc1nnc(S(=O)(=O)NCCc2ccccc2)s1. The van der Waals surface area contributed by atoms with Crippen molar-refractivity contribution in [3.05, 3.63) is 35.9 Å². The van der Waals surface area contributed by atoms with Crippen molar-refractivity contribution >= 4 is 26.5 Å². The molecule has 0 aliphatic rings. The van der Waals surface area contributed by atoms with Crippen molar-refractivity contribution in [3.8, 4) is 0 Å². The summed E-state index contributed by atoms with van der Waals surface area (Å²) in [7, 11) is -3.59. The highest BCUT2D eigenvalue weighted by atomic mass is 32.2. The standard InChI is InChI=1S/C10H12N4O2S2/c11-9-13-14-10(17-9)18(15,16)12-7-6-8-4-2-1-3-5-8/h1-5,12H,6-7H2,(H2,11,13). The Hall–Kier alpha value is -1.51. The van der Waals surface area contributed by atoms with E-state index in [0.717, 1.165) is 16.9 Å². The maximum Gasteiger partial charge on any atom is 0.269 e. The minimum absolute atomic E-state index is 0.104. The van der Waals surface area contributed by atoms with Gasteiger partial charge in [-0.05, 0) is 12.0 Å². The van der Waals surface area contributed by atoms with E-state index in [9.17, 15) is 8.42 Å². The molecule has 8 heteroatoms. The Morgan fingerprint density at radius 2 is 1.94 bits per heavy atom. The zero-order valence-corrected chi connectivity index (χ0v) is 11.0. The second-order valence-corrected chi connectivity index (χ2v) is 6.49. The highest BCUT2D eigenvalue weighted by Gasteiger charge is 2.18. The number of nitrogens with one attached hydrogen (secondary N) is 1. The molecule has 0 bridgehead atoms. The van der Waals surface area contributed by atoms with Crippen molar-refractivity contribution in [2.75, 3.05) is 12.3 Å². The number of nitrogens with zero attached hydrogens (tertiary/aromatic N) is 2. The first-order valence-corrected chi connectivity index (χ1v) is 7.50. The van der Waals surface area contributed by atoms with Gasteiger partial charge in [-0.15, -0.1) is 10.2 Å². The summed E-state index contributed by atoms with van der Waals surface area (Å²) in [4.78, 5) is 0. The maximum atomic E-state index is 11.8. The van der Waals surface area contributed by atoms with Gasteiger partial charge in [0.25, 0.3) is 10.0 Å². The number of aromatic nitrogens is 2. The first-order valence-electron chi connectivity index (χ1n) is 5.20. The number of nitrogen functional groups attached to an aromatic ring is 1. The van der Waals surface area contributed by atoms with E-state index < -0.39 is 10.0 Å². The highest BCUT2D eigenvalue weighted by molar-refractivity contribution is 7.91. The van der Waals surface area contributed by atoms with Crippen molar-refractivity contribution in [1.29, 1.82) is 0 Å². The summed E-state index contributed by atoms with van der Waals surface area (Å²) in [6, 6.07) is 9.62. The third kappa shape index (κ3) is 3.25. The van der Waals surface area contributed by atoms with Gasteiger partial charge in [-0.25, -0.2) is 13.1 Å². The molecule has 96 valence electrons. The van der Waals surface area contributed by atoms with Crippen LogP contribution in [0.15, 0.2) is 34.7 Å². The van der Waals surface area contributed by atoms with E-state index in [-0.39, 0.29) is 9.47 Å². The van der Waals surface area contributed by atoms with Gasteiger partial charge < -0.3 is 5.73 Å². The lowest BCUT2D eigenvalue weighted by Gasteiger charge is -2.03. The molecule has 2 aromatic rings. The van der Waals surface area contributed by atoms with E-state index >= 15 is 0 Å². The Morgan fingerprint density at radius 1 is 1.22 bits per heavy atom. The van der Waals surface area contributed by atoms with Crippen molar-refractivity contribution in [2.45, 2.75) is 10.8 Å². The fourth-order valence-corrected chi connectivity index (χ4v) is 3.22. The average Bonchev–Trinajstić information content (AvgIpc) is 2.78. The summed E-state index contributed by atoms with van der Waals surface area (Å²) in [5, 5.41) is 7.12. The summed E-state index contributed by atoms with van der Waals surface area (Å²) in [6.45, 7) is 0.311. The molecule has 1 aromatic carbocycles. The molecule has 0 fully saturated rings. The zero-order chi connectivity index (χ0) is 13.0. The minimum atomic E-state index is -3.59. The average molecular weight is 284 g/mol. The van der Waals surface area contributed by atoms with Crippen LogP contribution in [0.1, 0.15) is 5.56 Å². The quantitative estimate of drug-likeness (QED) is 0.839. The Balaban J connectivity index is 1.94. The number of hydrogen-bond donors (Lipinski definition) is 2. The van der Waals surface area contributed by atoms with Gasteiger partial charge in [-0.3, -0.25) is 0 Å². The van der Waals surface area contributed by atoms with Gasteiger partial charge in [0.2, 0.25) is 9.47 Å². The Kier molecular flexibility index (Phi) is 3.90. The molecule has 0 saturated heterocycles. The minimum Gasteiger partial charge on any atom is -0.374 e. The molecule has 1 heterocycles. The van der Waals surface area contributed by atoms with Crippen LogP contribution in [0.25, 0.3) is 0 Å². The molecule has 0 saturated carbocycles. The first kappa shape index (κ1) is 12.9. The fraction of sp³-hybridized carbons (Fsp3) is 0.200. The van der Waals surface area contributed by atoms with Crippen LogP contribution < -0.4 is 10.5 Å². The van der Waals surface area contributed by atoms with E-state index in [0.29, 0.717) is 13.0 Å². The molecule has 18 heavy (non-hydrogen) atoms. The van der Waals surface area contributed by atoms with E-state index in [1.54, 1.807) is 0 Å². The Morgan fingerprint density at radius 3 is 2.56 bits per heavy atom. The van der Waals surface area contributed by atoms with Gasteiger partial charge in [0.1, 0.15) is 0 Å². The normalized spacial score (nSPS) is 11.6.